The lowest BCUT2D eigenvalue weighted by molar-refractivity contribution is -0.140. The lowest BCUT2D eigenvalue weighted by Crippen LogP contribution is -2.12. The number of hydrogen-bond donors (Lipinski definition) is 0. The molecule has 0 saturated heterocycles. The molecule has 0 saturated carbocycles. The summed E-state index contributed by atoms with van der Waals surface area (Å²) in [6, 6.07) is 0. The van der Waals surface area contributed by atoms with Crippen LogP contribution in [0.25, 0.3) is 0 Å². The fourth-order valence-electron chi connectivity index (χ4n) is 2.35. The minimum Gasteiger partial charge on any atom is -0.463 e. The van der Waals surface area contributed by atoms with E-state index in [2.05, 4.69) is 38.0 Å². The average molecular weight is 371 g/mol. The molecule has 152 valence electrons. The van der Waals surface area contributed by atoms with Crippen molar-refractivity contribution in [3.05, 3.63) is 12.2 Å². The second-order valence-electron chi connectivity index (χ2n) is 7.10. The van der Waals surface area contributed by atoms with Crippen LogP contribution in [0.15, 0.2) is 12.2 Å². The van der Waals surface area contributed by atoms with Crippen LogP contribution in [0.3, 0.4) is 0 Å². The lowest BCUT2D eigenvalue weighted by atomic mass is 10.2. The molecule has 0 atom stereocenters. The first-order chi connectivity index (χ1) is 12.4. The average Bonchev–Trinajstić information content (AvgIpc) is 2.57. The highest BCUT2D eigenvalue weighted by Gasteiger charge is 2.01. The maximum Gasteiger partial charge on any atom is 0.331 e. The molecule has 0 fully saturated rings. The van der Waals surface area contributed by atoms with E-state index in [0.717, 1.165) is 76.6 Å². The highest BCUT2D eigenvalue weighted by molar-refractivity contribution is 5.91. The Morgan fingerprint density at radius 1 is 0.615 bits per heavy atom. The van der Waals surface area contributed by atoms with Gasteiger partial charge in [-0.25, -0.2) is 9.59 Å². The number of ether oxygens (including phenoxy) is 2. The highest BCUT2D eigenvalue weighted by Crippen LogP contribution is 2.02. The summed E-state index contributed by atoms with van der Waals surface area (Å²) in [6.45, 7) is 2.96. The normalized spacial score (nSPS) is 11.5. The first kappa shape index (κ1) is 24.6. The van der Waals surface area contributed by atoms with Gasteiger partial charge in [0.1, 0.15) is 0 Å². The number of carbonyl (C=O) groups excluding carboxylic acids is 2. The Labute approximate surface area is 159 Å². The standard InChI is InChI=1S/C20H38N2O4/c1-21(2)15-9-5-7-11-17-25-19(23)13-14-20(24)26-18-12-8-6-10-16-22(3)4/h13-14H,5-12,15-18H2,1-4H3/b14-13+. The maximum atomic E-state index is 11.5. The molecule has 6 nitrogen and oxygen atoms in total. The van der Waals surface area contributed by atoms with Crippen LogP contribution in [0.1, 0.15) is 51.4 Å². The highest BCUT2D eigenvalue weighted by atomic mass is 16.5. The van der Waals surface area contributed by atoms with Gasteiger partial charge in [0.15, 0.2) is 0 Å². The Bertz CT molecular complexity index is 359. The van der Waals surface area contributed by atoms with Crippen LogP contribution in [-0.2, 0) is 19.1 Å². The summed E-state index contributed by atoms with van der Waals surface area (Å²) in [7, 11) is 8.24. The number of esters is 2. The molecule has 0 aliphatic heterocycles. The molecule has 0 aromatic rings. The second-order valence-corrected chi connectivity index (χ2v) is 7.10. The molecule has 0 bridgehead atoms. The van der Waals surface area contributed by atoms with E-state index in [4.69, 9.17) is 9.47 Å². The molecule has 6 heteroatoms. The van der Waals surface area contributed by atoms with Crippen molar-refractivity contribution in [1.82, 2.24) is 9.80 Å². The molecular weight excluding hydrogens is 332 g/mol. The zero-order chi connectivity index (χ0) is 19.6. The van der Waals surface area contributed by atoms with Crippen LogP contribution in [0.2, 0.25) is 0 Å². The van der Waals surface area contributed by atoms with Gasteiger partial charge in [0.2, 0.25) is 0 Å². The van der Waals surface area contributed by atoms with Gasteiger partial charge in [-0.1, -0.05) is 25.7 Å². The predicted molar refractivity (Wildman–Crippen MR) is 105 cm³/mol. The minimum absolute atomic E-state index is 0.396. The van der Waals surface area contributed by atoms with Crippen LogP contribution in [0, 0.1) is 0 Å². The minimum atomic E-state index is -0.487. The first-order valence-electron chi connectivity index (χ1n) is 9.73. The van der Waals surface area contributed by atoms with Crippen molar-refractivity contribution in [2.45, 2.75) is 51.4 Å². The van der Waals surface area contributed by atoms with Crippen LogP contribution >= 0.6 is 0 Å². The molecule has 0 spiro atoms. The van der Waals surface area contributed by atoms with Gasteiger partial charge in [0.05, 0.1) is 13.2 Å². The molecule has 0 rings (SSSR count). The van der Waals surface area contributed by atoms with Crippen LogP contribution in [0.5, 0.6) is 0 Å². The summed E-state index contributed by atoms with van der Waals surface area (Å²) in [5, 5.41) is 0. The molecule has 0 unspecified atom stereocenters. The van der Waals surface area contributed by atoms with Crippen molar-refractivity contribution < 1.29 is 19.1 Å². The van der Waals surface area contributed by atoms with Crippen molar-refractivity contribution in [1.29, 1.82) is 0 Å². The van der Waals surface area contributed by atoms with E-state index in [9.17, 15) is 9.59 Å². The van der Waals surface area contributed by atoms with E-state index >= 15 is 0 Å². The van der Waals surface area contributed by atoms with Crippen LogP contribution in [0.4, 0.5) is 0 Å². The van der Waals surface area contributed by atoms with Gasteiger partial charge in [-0.3, -0.25) is 0 Å². The van der Waals surface area contributed by atoms with Gasteiger partial charge < -0.3 is 19.3 Å². The van der Waals surface area contributed by atoms with E-state index in [1.807, 2.05) is 0 Å². The van der Waals surface area contributed by atoms with Gasteiger partial charge in [-0.15, -0.1) is 0 Å². The lowest BCUT2D eigenvalue weighted by Gasteiger charge is -2.08. The predicted octanol–water partition coefficient (Wildman–Crippen LogP) is 2.87. The third-order valence-electron chi connectivity index (χ3n) is 3.84. The smallest absolute Gasteiger partial charge is 0.331 e. The Morgan fingerprint density at radius 3 is 1.31 bits per heavy atom. The van der Waals surface area contributed by atoms with E-state index in [0.29, 0.717) is 13.2 Å². The van der Waals surface area contributed by atoms with Crippen molar-refractivity contribution >= 4 is 11.9 Å². The Morgan fingerprint density at radius 2 is 0.962 bits per heavy atom. The molecule has 0 aromatic carbocycles. The van der Waals surface area contributed by atoms with Gasteiger partial charge >= 0.3 is 11.9 Å². The zero-order valence-electron chi connectivity index (χ0n) is 17.2. The molecular formula is C20H38N2O4. The van der Waals surface area contributed by atoms with E-state index in [-0.39, 0.29) is 0 Å². The quantitative estimate of drug-likeness (QED) is 0.237. The zero-order valence-corrected chi connectivity index (χ0v) is 17.2. The van der Waals surface area contributed by atoms with Crippen molar-refractivity contribution in [2.75, 3.05) is 54.5 Å². The van der Waals surface area contributed by atoms with E-state index in [1.54, 1.807) is 0 Å². The van der Waals surface area contributed by atoms with Crippen LogP contribution < -0.4 is 0 Å². The molecule has 0 aromatic heterocycles. The largest absolute Gasteiger partial charge is 0.463 e. The summed E-state index contributed by atoms with van der Waals surface area (Å²) in [5.74, 6) is -0.974. The first-order valence-corrected chi connectivity index (χ1v) is 9.73. The summed E-state index contributed by atoms with van der Waals surface area (Å²) in [5.41, 5.74) is 0. The molecule has 0 amide bonds. The van der Waals surface area contributed by atoms with Crippen molar-refractivity contribution in [2.24, 2.45) is 0 Å². The number of carbonyl (C=O) groups is 2. The second kappa shape index (κ2) is 17.0. The summed E-state index contributed by atoms with van der Waals surface area (Å²) in [4.78, 5) is 27.3. The SMILES string of the molecule is CN(C)CCCCCCOC(=O)/C=C/C(=O)OCCCCCCN(C)C. The Kier molecular flexibility index (Phi) is 16.1. The fourth-order valence-corrected chi connectivity index (χ4v) is 2.35. The third kappa shape index (κ3) is 18.9. The van der Waals surface area contributed by atoms with E-state index < -0.39 is 11.9 Å². The molecule has 0 aliphatic rings. The molecule has 0 aliphatic carbocycles. The van der Waals surface area contributed by atoms with Gasteiger partial charge in [0, 0.05) is 12.2 Å². The molecule has 0 heterocycles. The monoisotopic (exact) mass is 370 g/mol. The summed E-state index contributed by atoms with van der Waals surface area (Å²) < 4.78 is 10.1. The molecule has 0 radical (unpaired) electrons. The Balaban J connectivity index is 3.51. The van der Waals surface area contributed by atoms with Crippen molar-refractivity contribution in [3.8, 4) is 0 Å². The van der Waals surface area contributed by atoms with Crippen molar-refractivity contribution in [3.63, 3.8) is 0 Å². The molecule has 0 N–H and O–H groups in total. The van der Waals surface area contributed by atoms with Gasteiger partial charge in [-0.2, -0.15) is 0 Å². The maximum absolute atomic E-state index is 11.5. The van der Waals surface area contributed by atoms with Gasteiger partial charge in [-0.05, 0) is 67.0 Å². The fraction of sp³-hybridized carbons (Fsp3) is 0.800. The van der Waals surface area contributed by atoms with E-state index in [1.165, 1.54) is 0 Å². The number of unbranched alkanes of at least 4 members (excludes halogenated alkanes) is 6. The number of hydrogen-bond acceptors (Lipinski definition) is 6. The third-order valence-corrected chi connectivity index (χ3v) is 3.84. The number of nitrogens with zero attached hydrogens (tertiary/aromatic N) is 2. The summed E-state index contributed by atoms with van der Waals surface area (Å²) in [6.07, 6.45) is 10.7. The van der Waals surface area contributed by atoms with Crippen LogP contribution in [-0.4, -0.2) is 76.2 Å². The summed E-state index contributed by atoms with van der Waals surface area (Å²) >= 11 is 0. The van der Waals surface area contributed by atoms with Gasteiger partial charge in [0.25, 0.3) is 0 Å². The number of rotatable bonds is 16. The molecule has 26 heavy (non-hydrogen) atoms. The Hall–Kier alpha value is -1.40. The topological polar surface area (TPSA) is 59.1 Å².